The average Bonchev–Trinajstić information content (AvgIpc) is 3.17. The molecule has 1 saturated heterocycles. The van der Waals surface area contributed by atoms with E-state index in [1.807, 2.05) is 41.0 Å². The molecule has 9 nitrogen and oxygen atoms in total. The lowest BCUT2D eigenvalue weighted by Crippen LogP contribution is -2.50. The molecule has 0 amide bonds. The first kappa shape index (κ1) is 22.4. The first-order chi connectivity index (χ1) is 15.9. The topological polar surface area (TPSA) is 117 Å². The standard InChI is InChI=1S/C22H26N6O3S2/c1-15-4-2-3-5-18(15)28-19-20(23)27(14-25-21(19)32-22(28)24)16-6-8-17(9-7-16)33(29,30)26-10-12-31-13-11-26/h2-9,14,20,22H,10-13,23-24H2,1H3. The van der Waals surface area contributed by atoms with Crippen LogP contribution in [0.2, 0.25) is 0 Å². The molecule has 4 N–H and O–H groups in total. The van der Waals surface area contributed by atoms with Gasteiger partial charge in [-0.25, -0.2) is 13.4 Å². The molecule has 11 heteroatoms. The van der Waals surface area contributed by atoms with Gasteiger partial charge in [0.05, 0.1) is 30.1 Å². The smallest absolute Gasteiger partial charge is 0.243 e. The van der Waals surface area contributed by atoms with Crippen LogP contribution in [0.15, 0.2) is 69.1 Å². The normalized spacial score (nSPS) is 23.8. The Morgan fingerprint density at radius 2 is 1.76 bits per heavy atom. The highest BCUT2D eigenvalue weighted by atomic mass is 32.2. The number of ether oxygens (including phenoxy) is 1. The van der Waals surface area contributed by atoms with Crippen molar-refractivity contribution in [3.8, 4) is 0 Å². The first-order valence-electron chi connectivity index (χ1n) is 10.7. The molecule has 2 aromatic rings. The molecular weight excluding hydrogens is 460 g/mol. The zero-order valence-corrected chi connectivity index (χ0v) is 19.8. The largest absolute Gasteiger partial charge is 0.379 e. The van der Waals surface area contributed by atoms with Gasteiger partial charge in [0.15, 0.2) is 0 Å². The summed E-state index contributed by atoms with van der Waals surface area (Å²) in [5.74, 6) is 0. The van der Waals surface area contributed by atoms with E-state index in [0.717, 1.165) is 27.7 Å². The van der Waals surface area contributed by atoms with E-state index in [1.54, 1.807) is 30.6 Å². The Morgan fingerprint density at radius 1 is 1.06 bits per heavy atom. The molecule has 0 saturated carbocycles. The van der Waals surface area contributed by atoms with Crippen LogP contribution in [-0.2, 0) is 14.8 Å². The molecular formula is C22H26N6O3S2. The van der Waals surface area contributed by atoms with E-state index in [1.165, 1.54) is 16.1 Å². The van der Waals surface area contributed by atoms with E-state index in [-0.39, 0.29) is 10.4 Å². The third kappa shape index (κ3) is 3.94. The Kier molecular flexibility index (Phi) is 5.93. The number of aryl methyl sites for hydroxylation is 1. The Bertz CT molecular complexity index is 1210. The molecule has 1 fully saturated rings. The maximum Gasteiger partial charge on any atom is 0.243 e. The summed E-state index contributed by atoms with van der Waals surface area (Å²) in [5, 5.41) is 0.793. The Labute approximate surface area is 197 Å². The lowest BCUT2D eigenvalue weighted by Gasteiger charge is -2.36. The molecule has 0 bridgehead atoms. The number of benzene rings is 2. The van der Waals surface area contributed by atoms with Gasteiger partial charge in [-0.1, -0.05) is 30.0 Å². The fraction of sp³-hybridized carbons (Fsp3) is 0.318. The number of nitrogens with two attached hydrogens (primary N) is 2. The van der Waals surface area contributed by atoms with E-state index in [0.29, 0.717) is 26.3 Å². The monoisotopic (exact) mass is 486 g/mol. The third-order valence-corrected chi connectivity index (χ3v) is 8.87. The van der Waals surface area contributed by atoms with E-state index in [2.05, 4.69) is 4.99 Å². The van der Waals surface area contributed by atoms with Crippen LogP contribution in [0.25, 0.3) is 0 Å². The van der Waals surface area contributed by atoms with Crippen LogP contribution in [-0.4, -0.2) is 57.0 Å². The van der Waals surface area contributed by atoms with Crippen LogP contribution in [0.1, 0.15) is 5.56 Å². The third-order valence-electron chi connectivity index (χ3n) is 5.96. The fourth-order valence-corrected chi connectivity index (χ4v) is 6.62. The van der Waals surface area contributed by atoms with Crippen LogP contribution in [0.4, 0.5) is 11.4 Å². The molecule has 0 spiro atoms. The SMILES string of the molecule is Cc1ccccc1N1C2=C(N=CN(c3ccc(S(=O)(=O)N4CCOCC4)cc3)C2N)SC1N. The minimum absolute atomic E-state index is 0.246. The molecule has 33 heavy (non-hydrogen) atoms. The second-order valence-corrected chi connectivity index (χ2v) is 11.0. The molecule has 0 aliphatic carbocycles. The van der Waals surface area contributed by atoms with Gasteiger partial charge in [0.2, 0.25) is 10.0 Å². The molecule has 2 unspecified atom stereocenters. The van der Waals surface area contributed by atoms with E-state index in [9.17, 15) is 8.42 Å². The summed E-state index contributed by atoms with van der Waals surface area (Å²) in [6.45, 7) is 3.57. The van der Waals surface area contributed by atoms with Gasteiger partial charge in [0.25, 0.3) is 0 Å². The number of aliphatic imine (C=N–C) groups is 1. The number of morpholine rings is 1. The van der Waals surface area contributed by atoms with Crippen LogP contribution in [0, 0.1) is 6.92 Å². The van der Waals surface area contributed by atoms with E-state index in [4.69, 9.17) is 16.2 Å². The highest BCUT2D eigenvalue weighted by Gasteiger charge is 2.39. The second-order valence-electron chi connectivity index (χ2n) is 7.96. The predicted molar refractivity (Wildman–Crippen MR) is 131 cm³/mol. The number of rotatable bonds is 4. The van der Waals surface area contributed by atoms with Crippen molar-refractivity contribution in [2.24, 2.45) is 16.5 Å². The van der Waals surface area contributed by atoms with Crippen molar-refractivity contribution in [3.05, 3.63) is 64.8 Å². The summed E-state index contributed by atoms with van der Waals surface area (Å²) < 4.78 is 32.6. The summed E-state index contributed by atoms with van der Waals surface area (Å²) in [5.41, 5.74) is 16.5. The molecule has 0 radical (unpaired) electrons. The van der Waals surface area contributed by atoms with Gasteiger partial charge < -0.3 is 26.0 Å². The molecule has 174 valence electrons. The number of anilines is 2. The highest BCUT2D eigenvalue weighted by molar-refractivity contribution is 8.04. The minimum Gasteiger partial charge on any atom is -0.379 e. The fourth-order valence-electron chi connectivity index (χ4n) is 4.21. The Hall–Kier alpha value is -2.41. The van der Waals surface area contributed by atoms with Gasteiger partial charge >= 0.3 is 0 Å². The van der Waals surface area contributed by atoms with Gasteiger partial charge in [-0.2, -0.15) is 4.31 Å². The van der Waals surface area contributed by atoms with Gasteiger partial charge in [-0.3, -0.25) is 0 Å². The maximum absolute atomic E-state index is 12.9. The van der Waals surface area contributed by atoms with Crippen molar-refractivity contribution in [3.63, 3.8) is 0 Å². The van der Waals surface area contributed by atoms with E-state index < -0.39 is 16.2 Å². The average molecular weight is 487 g/mol. The number of hydrogen-bond donors (Lipinski definition) is 2. The van der Waals surface area contributed by atoms with Gasteiger partial charge in [0.1, 0.15) is 16.7 Å². The molecule has 0 aromatic heterocycles. The second kappa shape index (κ2) is 8.75. The van der Waals surface area contributed by atoms with Gasteiger partial charge in [0, 0.05) is 24.5 Å². The van der Waals surface area contributed by atoms with Crippen molar-refractivity contribution in [2.45, 2.75) is 23.5 Å². The summed E-state index contributed by atoms with van der Waals surface area (Å²) in [7, 11) is -3.56. The zero-order valence-electron chi connectivity index (χ0n) is 18.2. The van der Waals surface area contributed by atoms with Crippen LogP contribution in [0.3, 0.4) is 0 Å². The van der Waals surface area contributed by atoms with Crippen LogP contribution < -0.4 is 21.3 Å². The van der Waals surface area contributed by atoms with Crippen molar-refractivity contribution >= 4 is 39.5 Å². The van der Waals surface area contributed by atoms with Crippen LogP contribution >= 0.6 is 11.8 Å². The lowest BCUT2D eigenvalue weighted by molar-refractivity contribution is 0.0730. The maximum atomic E-state index is 12.9. The number of hydrogen-bond acceptors (Lipinski definition) is 9. The Morgan fingerprint density at radius 3 is 2.45 bits per heavy atom. The van der Waals surface area contributed by atoms with Crippen molar-refractivity contribution in [1.29, 1.82) is 0 Å². The van der Waals surface area contributed by atoms with E-state index >= 15 is 0 Å². The van der Waals surface area contributed by atoms with Crippen LogP contribution in [0.5, 0.6) is 0 Å². The summed E-state index contributed by atoms with van der Waals surface area (Å²) in [4.78, 5) is 8.70. The molecule has 2 atom stereocenters. The van der Waals surface area contributed by atoms with Crippen molar-refractivity contribution in [1.82, 2.24) is 4.31 Å². The zero-order chi connectivity index (χ0) is 23.2. The molecule has 3 aliphatic heterocycles. The molecule has 3 heterocycles. The quantitative estimate of drug-likeness (QED) is 0.672. The summed E-state index contributed by atoms with van der Waals surface area (Å²) in [6, 6.07) is 14.7. The van der Waals surface area contributed by atoms with Crippen molar-refractivity contribution in [2.75, 3.05) is 36.1 Å². The highest BCUT2D eigenvalue weighted by Crippen LogP contribution is 2.44. The number of nitrogens with zero attached hydrogens (tertiary/aromatic N) is 4. The summed E-state index contributed by atoms with van der Waals surface area (Å²) in [6.07, 6.45) is 1.15. The Balaban J connectivity index is 1.42. The number of sulfonamides is 1. The molecule has 3 aliphatic rings. The lowest BCUT2D eigenvalue weighted by atomic mass is 10.1. The summed E-state index contributed by atoms with van der Waals surface area (Å²) >= 11 is 1.47. The number of thioether (sulfide) groups is 1. The van der Waals surface area contributed by atoms with Gasteiger partial charge in [-0.05, 0) is 42.8 Å². The number of para-hydroxylation sites is 1. The predicted octanol–water partition coefficient (Wildman–Crippen LogP) is 1.81. The van der Waals surface area contributed by atoms with Gasteiger partial charge in [-0.15, -0.1) is 0 Å². The molecule has 5 rings (SSSR count). The molecule has 2 aromatic carbocycles. The van der Waals surface area contributed by atoms with Crippen molar-refractivity contribution < 1.29 is 13.2 Å². The minimum atomic E-state index is -3.56. The first-order valence-corrected chi connectivity index (χ1v) is 13.0.